The van der Waals surface area contributed by atoms with Crippen molar-refractivity contribution >= 4 is 22.5 Å². The monoisotopic (exact) mass is 297 g/mol. The molecule has 3 aromatic rings. The zero-order chi connectivity index (χ0) is 15.7. The molecule has 2 aromatic heterocycles. The lowest BCUT2D eigenvalue weighted by Gasteiger charge is -2.11. The number of amides is 1. The molecule has 3 rings (SSSR count). The largest absolute Gasteiger partial charge is 0.351 e. The van der Waals surface area contributed by atoms with Crippen molar-refractivity contribution in [2.45, 2.75) is 19.8 Å². The number of H-pyrrole nitrogens is 1. The van der Waals surface area contributed by atoms with E-state index in [0.29, 0.717) is 11.2 Å². The molecule has 0 aliphatic rings. The molecule has 6 heteroatoms. The summed E-state index contributed by atoms with van der Waals surface area (Å²) in [6, 6.07) is 8.50. The Balaban J connectivity index is 2.00. The summed E-state index contributed by atoms with van der Waals surface area (Å²) in [4.78, 5) is 26.5. The lowest BCUT2D eigenvalue weighted by Crippen LogP contribution is -2.12. The van der Waals surface area contributed by atoms with Crippen molar-refractivity contribution in [2.75, 3.05) is 5.32 Å². The van der Waals surface area contributed by atoms with Gasteiger partial charge >= 0.3 is 0 Å². The lowest BCUT2D eigenvalue weighted by atomic mass is 9.99. The first-order valence-electron chi connectivity index (χ1n) is 6.93. The van der Waals surface area contributed by atoms with Crippen LogP contribution in [0.2, 0.25) is 0 Å². The van der Waals surface area contributed by atoms with Crippen LogP contribution in [-0.4, -0.2) is 16.0 Å². The van der Waals surface area contributed by atoms with Gasteiger partial charge in [0.2, 0.25) is 11.3 Å². The molecular weight excluding hydrogens is 282 g/mol. The van der Waals surface area contributed by atoms with E-state index < -0.39 is 0 Å². The van der Waals surface area contributed by atoms with Crippen LogP contribution in [0.3, 0.4) is 0 Å². The summed E-state index contributed by atoms with van der Waals surface area (Å²) in [6.07, 6.45) is 1.40. The average Bonchev–Trinajstić information content (AvgIpc) is 3.00. The Morgan fingerprint density at radius 2 is 2.09 bits per heavy atom. The summed E-state index contributed by atoms with van der Waals surface area (Å²) in [5.41, 5.74) is 2.08. The third-order valence-corrected chi connectivity index (χ3v) is 3.42. The number of nitrogens with zero attached hydrogens (tertiary/aromatic N) is 1. The van der Waals surface area contributed by atoms with Gasteiger partial charge in [-0.3, -0.25) is 9.59 Å². The number of hydrogen-bond donors (Lipinski definition) is 2. The van der Waals surface area contributed by atoms with E-state index in [1.165, 1.54) is 12.3 Å². The summed E-state index contributed by atoms with van der Waals surface area (Å²) in [5.74, 6) is -0.0248. The molecular formula is C16H15N3O3. The Morgan fingerprint density at radius 1 is 1.27 bits per heavy atom. The summed E-state index contributed by atoms with van der Waals surface area (Å²) in [7, 11) is 0. The van der Waals surface area contributed by atoms with Crippen molar-refractivity contribution in [3.8, 4) is 0 Å². The first kappa shape index (κ1) is 14.1. The Morgan fingerprint density at radius 3 is 2.77 bits per heavy atom. The second kappa shape index (κ2) is 5.48. The van der Waals surface area contributed by atoms with Gasteiger partial charge in [0, 0.05) is 23.2 Å². The molecule has 0 radical (unpaired) electrons. The number of rotatable bonds is 3. The molecule has 2 N–H and O–H groups in total. The number of carbonyl (C=O) groups is 1. The summed E-state index contributed by atoms with van der Waals surface area (Å²) in [6.45, 7) is 4.07. The summed E-state index contributed by atoms with van der Waals surface area (Å²) in [5, 5.41) is 7.17. The number of aromatic amines is 1. The molecule has 6 nitrogen and oxygen atoms in total. The minimum absolute atomic E-state index is 0.129. The van der Waals surface area contributed by atoms with E-state index in [2.05, 4.69) is 15.5 Å². The van der Waals surface area contributed by atoms with Crippen LogP contribution in [0, 0.1) is 0 Å². The van der Waals surface area contributed by atoms with Crippen molar-refractivity contribution in [1.82, 2.24) is 10.1 Å². The third kappa shape index (κ3) is 2.63. The second-order valence-electron chi connectivity index (χ2n) is 5.33. The smallest absolute Gasteiger partial charge is 0.294 e. The van der Waals surface area contributed by atoms with Crippen molar-refractivity contribution in [2.24, 2.45) is 0 Å². The number of pyridine rings is 1. The highest BCUT2D eigenvalue weighted by Gasteiger charge is 2.12. The van der Waals surface area contributed by atoms with Crippen LogP contribution in [-0.2, 0) is 0 Å². The third-order valence-electron chi connectivity index (χ3n) is 3.42. The zero-order valence-electron chi connectivity index (χ0n) is 12.2. The highest BCUT2D eigenvalue weighted by molar-refractivity contribution is 6.03. The molecule has 0 atom stereocenters. The Labute approximate surface area is 126 Å². The average molecular weight is 297 g/mol. The van der Waals surface area contributed by atoms with Gasteiger partial charge in [0.15, 0.2) is 0 Å². The molecule has 0 aliphatic heterocycles. The van der Waals surface area contributed by atoms with Crippen molar-refractivity contribution < 1.29 is 9.32 Å². The minimum Gasteiger partial charge on any atom is -0.351 e. The fourth-order valence-electron chi connectivity index (χ4n) is 2.37. The van der Waals surface area contributed by atoms with Crippen LogP contribution < -0.4 is 10.9 Å². The topological polar surface area (TPSA) is 88.0 Å². The Bertz CT molecular complexity index is 879. The maximum absolute atomic E-state index is 11.9. The number of benzene rings is 1. The molecule has 0 spiro atoms. The minimum atomic E-state index is -0.390. The van der Waals surface area contributed by atoms with Gasteiger partial charge in [0.05, 0.1) is 11.7 Å². The molecule has 22 heavy (non-hydrogen) atoms. The first-order valence-corrected chi connectivity index (χ1v) is 6.93. The maximum atomic E-state index is 11.9. The second-order valence-corrected chi connectivity index (χ2v) is 5.33. The normalized spacial score (nSPS) is 11.0. The van der Waals surface area contributed by atoms with Gasteiger partial charge in [0.25, 0.3) is 5.91 Å². The van der Waals surface area contributed by atoms with E-state index in [9.17, 15) is 9.59 Å². The van der Waals surface area contributed by atoms with Crippen LogP contribution in [0.5, 0.6) is 0 Å². The molecule has 1 amide bonds. The zero-order valence-corrected chi connectivity index (χ0v) is 12.2. The fourth-order valence-corrected chi connectivity index (χ4v) is 2.37. The van der Waals surface area contributed by atoms with Gasteiger partial charge in [-0.25, -0.2) is 0 Å². The molecule has 0 saturated carbocycles. The molecule has 2 heterocycles. The number of fused-ring (bicyclic) bond motifs is 1. The van der Waals surface area contributed by atoms with Crippen LogP contribution in [0.1, 0.15) is 35.9 Å². The number of nitrogens with one attached hydrogen (secondary N) is 2. The summed E-state index contributed by atoms with van der Waals surface area (Å²) < 4.78 is 4.80. The van der Waals surface area contributed by atoms with E-state index >= 15 is 0 Å². The molecule has 0 unspecified atom stereocenters. The number of carbonyl (C=O) groups excluding carboxylic acids is 1. The quantitative estimate of drug-likeness (QED) is 0.778. The van der Waals surface area contributed by atoms with E-state index in [1.54, 1.807) is 18.2 Å². The maximum Gasteiger partial charge on any atom is 0.294 e. The molecule has 0 saturated heterocycles. The SMILES string of the molecule is CC(C)c1cc(=O)[nH]c2cc(NC(=O)c3ccno3)ccc12. The van der Waals surface area contributed by atoms with Gasteiger partial charge in [-0.1, -0.05) is 25.1 Å². The summed E-state index contributed by atoms with van der Waals surface area (Å²) >= 11 is 0. The number of hydrogen-bond acceptors (Lipinski definition) is 4. The van der Waals surface area contributed by atoms with Gasteiger partial charge < -0.3 is 14.8 Å². The van der Waals surface area contributed by atoms with Crippen molar-refractivity contribution in [1.29, 1.82) is 0 Å². The number of aromatic nitrogens is 2. The van der Waals surface area contributed by atoms with Gasteiger partial charge in [-0.05, 0) is 23.6 Å². The van der Waals surface area contributed by atoms with Crippen molar-refractivity contribution in [3.05, 3.63) is 58.2 Å². The van der Waals surface area contributed by atoms with Gasteiger partial charge in [0.1, 0.15) is 0 Å². The molecule has 1 aromatic carbocycles. The molecule has 0 fully saturated rings. The van der Waals surface area contributed by atoms with E-state index in [-0.39, 0.29) is 23.1 Å². The molecule has 112 valence electrons. The Hall–Kier alpha value is -2.89. The molecule has 0 bridgehead atoms. The molecule has 0 aliphatic carbocycles. The lowest BCUT2D eigenvalue weighted by molar-refractivity contribution is 0.0988. The fraction of sp³-hybridized carbons (Fsp3) is 0.188. The predicted molar refractivity (Wildman–Crippen MR) is 83.1 cm³/mol. The van der Waals surface area contributed by atoms with Crippen LogP contribution in [0.15, 0.2) is 45.8 Å². The van der Waals surface area contributed by atoms with E-state index in [0.717, 1.165) is 10.9 Å². The van der Waals surface area contributed by atoms with Crippen molar-refractivity contribution in [3.63, 3.8) is 0 Å². The van der Waals surface area contributed by atoms with E-state index in [4.69, 9.17) is 4.52 Å². The van der Waals surface area contributed by atoms with Gasteiger partial charge in [-0.2, -0.15) is 0 Å². The van der Waals surface area contributed by atoms with Crippen LogP contribution in [0.4, 0.5) is 5.69 Å². The predicted octanol–water partition coefficient (Wildman–Crippen LogP) is 2.89. The standard InChI is InChI=1S/C16H15N3O3/c1-9(2)12-8-15(20)19-13-7-10(3-4-11(12)13)18-16(21)14-5-6-17-22-14/h3-9H,1-2H3,(H,18,21)(H,19,20). The van der Waals surface area contributed by atoms with E-state index in [1.807, 2.05) is 19.9 Å². The number of anilines is 1. The van der Waals surface area contributed by atoms with Crippen LogP contribution in [0.25, 0.3) is 10.9 Å². The van der Waals surface area contributed by atoms with Crippen LogP contribution >= 0.6 is 0 Å². The first-order chi connectivity index (χ1) is 10.5. The van der Waals surface area contributed by atoms with Gasteiger partial charge in [-0.15, -0.1) is 0 Å². The Kier molecular flexibility index (Phi) is 3.50. The highest BCUT2D eigenvalue weighted by atomic mass is 16.5. The highest BCUT2D eigenvalue weighted by Crippen LogP contribution is 2.25.